The Hall–Kier alpha value is -3.08. The lowest BCUT2D eigenvalue weighted by Crippen LogP contribution is -2.37. The lowest BCUT2D eigenvalue weighted by atomic mass is 10.1. The number of H-pyrrole nitrogens is 1. The van der Waals surface area contributed by atoms with Gasteiger partial charge >= 0.3 is 13.9 Å². The summed E-state index contributed by atoms with van der Waals surface area (Å²) in [6, 6.07) is 5.23. The molecule has 1 aliphatic heterocycles. The first kappa shape index (κ1) is 23.1. The molecule has 0 saturated carbocycles. The fraction of sp³-hybridized carbons (Fsp3) is 0.100. The fourth-order valence-electron chi connectivity index (χ4n) is 3.43. The normalized spacial score (nSPS) is 16.6. The Morgan fingerprint density at radius 2 is 1.91 bits per heavy atom. The summed E-state index contributed by atoms with van der Waals surface area (Å²) < 4.78 is 42.9. The number of aromatic nitrogens is 1. The Kier molecular flexibility index (Phi) is 6.08. The molecule has 0 bridgehead atoms. The van der Waals surface area contributed by atoms with Crippen LogP contribution in [-0.4, -0.2) is 38.2 Å². The van der Waals surface area contributed by atoms with Crippen molar-refractivity contribution in [3.8, 4) is 0 Å². The van der Waals surface area contributed by atoms with E-state index >= 15 is 0 Å². The van der Waals surface area contributed by atoms with E-state index in [0.29, 0.717) is 27.1 Å². The second-order valence-corrected chi connectivity index (χ2v) is 8.75. The van der Waals surface area contributed by atoms with Crippen LogP contribution in [-0.2, 0) is 13.9 Å². The van der Waals surface area contributed by atoms with Crippen LogP contribution in [0.15, 0.2) is 48.3 Å². The molecule has 2 aromatic carbocycles. The molecule has 4 N–H and O–H groups in total. The van der Waals surface area contributed by atoms with Crippen molar-refractivity contribution in [1.29, 1.82) is 0 Å². The SMILES string of the molecule is O=C1NC(=Cc2c[nH]c3cc(Cl)ccc23)C(=O)N1C(COP(=O)(O)O)c1ccc(F)c(F)c1. The minimum Gasteiger partial charge on any atom is -0.361 e. The minimum atomic E-state index is -5.00. The third-order valence-corrected chi connectivity index (χ3v) is 5.65. The number of nitrogens with zero attached hydrogens (tertiary/aromatic N) is 1. The van der Waals surface area contributed by atoms with Crippen molar-refractivity contribution < 1.29 is 37.2 Å². The molecule has 1 atom stereocenters. The maximum atomic E-state index is 13.8. The van der Waals surface area contributed by atoms with Gasteiger partial charge in [-0.25, -0.2) is 23.0 Å². The van der Waals surface area contributed by atoms with Gasteiger partial charge in [0.15, 0.2) is 11.6 Å². The van der Waals surface area contributed by atoms with E-state index in [1.54, 1.807) is 24.4 Å². The molecular formula is C20H15ClF2N3O6P. The summed E-state index contributed by atoms with van der Waals surface area (Å²) in [5.41, 5.74) is 1.01. The monoisotopic (exact) mass is 497 g/mol. The molecule has 172 valence electrons. The van der Waals surface area contributed by atoms with Gasteiger partial charge in [-0.2, -0.15) is 0 Å². The van der Waals surface area contributed by atoms with Crippen LogP contribution in [0.2, 0.25) is 5.02 Å². The molecule has 13 heteroatoms. The minimum absolute atomic E-state index is 0.103. The van der Waals surface area contributed by atoms with Crippen LogP contribution >= 0.6 is 19.4 Å². The van der Waals surface area contributed by atoms with Gasteiger partial charge in [0.25, 0.3) is 5.91 Å². The number of rotatable bonds is 6. The van der Waals surface area contributed by atoms with Gasteiger partial charge in [0.05, 0.1) is 12.6 Å². The molecule has 3 amide bonds. The fourth-order valence-corrected chi connectivity index (χ4v) is 3.94. The van der Waals surface area contributed by atoms with Gasteiger partial charge in [0.1, 0.15) is 5.70 Å². The van der Waals surface area contributed by atoms with E-state index in [2.05, 4.69) is 14.8 Å². The van der Waals surface area contributed by atoms with E-state index in [4.69, 9.17) is 21.4 Å². The van der Waals surface area contributed by atoms with Crippen molar-refractivity contribution in [2.75, 3.05) is 6.61 Å². The van der Waals surface area contributed by atoms with Gasteiger partial charge in [-0.1, -0.05) is 23.7 Å². The number of phosphoric ester groups is 1. The summed E-state index contributed by atoms with van der Waals surface area (Å²) in [6.45, 7) is -0.854. The van der Waals surface area contributed by atoms with Gasteiger partial charge in [-0.05, 0) is 35.9 Å². The third kappa shape index (κ3) is 4.82. The number of urea groups is 1. The number of fused-ring (bicyclic) bond motifs is 1. The number of amides is 3. The average molecular weight is 498 g/mol. The van der Waals surface area contributed by atoms with Crippen LogP contribution in [0.4, 0.5) is 13.6 Å². The van der Waals surface area contributed by atoms with E-state index in [-0.39, 0.29) is 11.3 Å². The molecule has 1 saturated heterocycles. The summed E-state index contributed by atoms with van der Waals surface area (Å²) in [5.74, 6) is -3.30. The number of aromatic amines is 1. The smallest absolute Gasteiger partial charge is 0.361 e. The molecule has 1 aromatic heterocycles. The highest BCUT2D eigenvalue weighted by molar-refractivity contribution is 7.46. The molecule has 0 aliphatic carbocycles. The molecule has 1 unspecified atom stereocenters. The summed E-state index contributed by atoms with van der Waals surface area (Å²) in [7, 11) is -5.00. The number of hydrogen-bond donors (Lipinski definition) is 4. The summed E-state index contributed by atoms with van der Waals surface area (Å²) in [4.78, 5) is 47.4. The maximum absolute atomic E-state index is 13.8. The van der Waals surface area contributed by atoms with Crippen LogP contribution in [0.5, 0.6) is 0 Å². The standard InChI is InChI=1S/C20H15ClF2N3O6P/c21-12-2-3-13-11(8-24-16(13)7-12)6-17-19(27)26(20(28)25-17)18(9-32-33(29,30)31)10-1-4-14(22)15(23)5-10/h1-8,18,24H,9H2,(H,25,28)(H2,29,30,31). The van der Waals surface area contributed by atoms with Crippen LogP contribution in [0.3, 0.4) is 0 Å². The zero-order chi connectivity index (χ0) is 23.9. The third-order valence-electron chi connectivity index (χ3n) is 4.93. The predicted molar refractivity (Wildman–Crippen MR) is 114 cm³/mol. The zero-order valence-electron chi connectivity index (χ0n) is 16.5. The second-order valence-electron chi connectivity index (χ2n) is 7.07. The first-order chi connectivity index (χ1) is 15.5. The number of nitrogens with one attached hydrogen (secondary N) is 2. The van der Waals surface area contributed by atoms with E-state index < -0.39 is 44.0 Å². The zero-order valence-corrected chi connectivity index (χ0v) is 18.1. The van der Waals surface area contributed by atoms with E-state index in [1.807, 2.05) is 0 Å². The van der Waals surface area contributed by atoms with E-state index in [0.717, 1.165) is 17.5 Å². The van der Waals surface area contributed by atoms with Crippen molar-refractivity contribution in [3.63, 3.8) is 0 Å². The Bertz CT molecular complexity index is 1350. The average Bonchev–Trinajstić information content (AvgIpc) is 3.25. The predicted octanol–water partition coefficient (Wildman–Crippen LogP) is 3.84. The van der Waals surface area contributed by atoms with Gasteiger partial charge in [0, 0.05) is 27.7 Å². The molecule has 1 fully saturated rings. The van der Waals surface area contributed by atoms with Gasteiger partial charge < -0.3 is 20.1 Å². The largest absolute Gasteiger partial charge is 0.469 e. The lowest BCUT2D eigenvalue weighted by molar-refractivity contribution is -0.125. The number of halogens is 3. The summed E-state index contributed by atoms with van der Waals surface area (Å²) >= 11 is 5.96. The van der Waals surface area contributed by atoms with Gasteiger partial charge in [-0.15, -0.1) is 0 Å². The number of imide groups is 1. The van der Waals surface area contributed by atoms with Crippen molar-refractivity contribution >= 4 is 48.3 Å². The van der Waals surface area contributed by atoms with Crippen LogP contribution in [0.25, 0.3) is 17.0 Å². The number of phosphoric acid groups is 1. The summed E-state index contributed by atoms with van der Waals surface area (Å²) in [5, 5.41) is 3.60. The molecule has 3 aromatic rings. The second kappa shape index (κ2) is 8.69. The highest BCUT2D eigenvalue weighted by atomic mass is 35.5. The number of benzene rings is 2. The number of carbonyl (C=O) groups is 2. The Labute approximate surface area is 189 Å². The van der Waals surface area contributed by atoms with Crippen LogP contribution in [0.1, 0.15) is 17.2 Å². The maximum Gasteiger partial charge on any atom is 0.469 e. The topological polar surface area (TPSA) is 132 Å². The molecular weight excluding hydrogens is 483 g/mol. The number of hydrogen-bond acceptors (Lipinski definition) is 4. The molecule has 4 rings (SSSR count). The van der Waals surface area contributed by atoms with E-state index in [1.165, 1.54) is 6.08 Å². The Morgan fingerprint density at radius 3 is 2.61 bits per heavy atom. The molecule has 2 heterocycles. The molecule has 1 aliphatic rings. The molecule has 33 heavy (non-hydrogen) atoms. The molecule has 9 nitrogen and oxygen atoms in total. The first-order valence-electron chi connectivity index (χ1n) is 9.31. The van der Waals surface area contributed by atoms with Crippen molar-refractivity contribution in [3.05, 3.63) is 76.1 Å². The quantitative estimate of drug-likeness (QED) is 0.232. The number of carbonyl (C=O) groups excluding carboxylic acids is 2. The molecule has 0 spiro atoms. The Morgan fingerprint density at radius 1 is 1.15 bits per heavy atom. The van der Waals surface area contributed by atoms with Crippen LogP contribution < -0.4 is 5.32 Å². The first-order valence-corrected chi connectivity index (χ1v) is 11.2. The summed E-state index contributed by atoms with van der Waals surface area (Å²) in [6.07, 6.45) is 3.00. The van der Waals surface area contributed by atoms with Crippen LogP contribution in [0, 0.1) is 11.6 Å². The highest BCUT2D eigenvalue weighted by Gasteiger charge is 2.40. The van der Waals surface area contributed by atoms with Gasteiger partial charge in [0.2, 0.25) is 0 Å². The van der Waals surface area contributed by atoms with Crippen molar-refractivity contribution in [1.82, 2.24) is 15.2 Å². The molecule has 0 radical (unpaired) electrons. The van der Waals surface area contributed by atoms with Crippen molar-refractivity contribution in [2.24, 2.45) is 0 Å². The van der Waals surface area contributed by atoms with E-state index in [9.17, 15) is 22.9 Å². The van der Waals surface area contributed by atoms with Gasteiger partial charge in [-0.3, -0.25) is 9.32 Å². The van der Waals surface area contributed by atoms with Crippen molar-refractivity contribution in [2.45, 2.75) is 6.04 Å². The highest BCUT2D eigenvalue weighted by Crippen LogP contribution is 2.39. The lowest BCUT2D eigenvalue weighted by Gasteiger charge is -2.25. The Balaban J connectivity index is 1.70.